The summed E-state index contributed by atoms with van der Waals surface area (Å²) in [6.45, 7) is 2.00. The summed E-state index contributed by atoms with van der Waals surface area (Å²) in [5.41, 5.74) is 11.3. The first kappa shape index (κ1) is 20.8. The molecule has 1 fully saturated rings. The van der Waals surface area contributed by atoms with Crippen LogP contribution in [0.15, 0.2) is 54.6 Å². The third-order valence-corrected chi connectivity index (χ3v) is 5.15. The highest BCUT2D eigenvalue weighted by molar-refractivity contribution is 6.05. The largest absolute Gasteiger partial charge is 0.382 e. The van der Waals surface area contributed by atoms with Crippen molar-refractivity contribution in [2.24, 2.45) is 5.84 Å². The normalized spacial score (nSPS) is 14.2. The van der Waals surface area contributed by atoms with Crippen molar-refractivity contribution in [3.63, 3.8) is 0 Å². The van der Waals surface area contributed by atoms with Crippen LogP contribution in [0.3, 0.4) is 0 Å². The number of hydrogen-bond acceptors (Lipinski definition) is 6. The number of nitrogens with two attached hydrogens (primary N) is 2. The Hall–Kier alpha value is -3.49. The third kappa shape index (κ3) is 4.82. The van der Waals surface area contributed by atoms with Crippen molar-refractivity contribution in [1.29, 1.82) is 0 Å². The van der Waals surface area contributed by atoms with E-state index in [9.17, 15) is 9.18 Å². The first-order chi connectivity index (χ1) is 14.9. The Bertz CT molecular complexity index is 1110. The zero-order valence-electron chi connectivity index (χ0n) is 17.1. The van der Waals surface area contributed by atoms with Gasteiger partial charge in [0.25, 0.3) is 5.91 Å². The van der Waals surface area contributed by atoms with Crippen LogP contribution in [0.2, 0.25) is 0 Å². The summed E-state index contributed by atoms with van der Waals surface area (Å²) in [4.78, 5) is 17.0. The fourth-order valence-corrected chi connectivity index (χ4v) is 3.22. The molecule has 1 aliphatic carbocycles. The van der Waals surface area contributed by atoms with Crippen molar-refractivity contribution in [2.75, 3.05) is 16.5 Å². The van der Waals surface area contributed by atoms with Crippen LogP contribution in [0.1, 0.15) is 44.6 Å². The number of amides is 1. The van der Waals surface area contributed by atoms with Crippen LogP contribution in [0, 0.1) is 5.82 Å². The van der Waals surface area contributed by atoms with E-state index in [-0.39, 0.29) is 20.3 Å². The minimum atomic E-state index is -0.627. The van der Waals surface area contributed by atoms with Gasteiger partial charge in [0.2, 0.25) is 0 Å². The van der Waals surface area contributed by atoms with E-state index >= 15 is 0 Å². The second-order valence-corrected chi connectivity index (χ2v) is 7.52. The highest BCUT2D eigenvalue weighted by Gasteiger charge is 2.25. The van der Waals surface area contributed by atoms with E-state index in [1.807, 2.05) is 19.1 Å². The fraction of sp³-hybridized carbons (Fsp3) is 0.217. The summed E-state index contributed by atoms with van der Waals surface area (Å²) in [5.74, 6) is 4.39. The van der Waals surface area contributed by atoms with Gasteiger partial charge >= 0.3 is 0 Å². The summed E-state index contributed by atoms with van der Waals surface area (Å²) in [6, 6.07) is 14.9. The van der Waals surface area contributed by atoms with E-state index in [1.165, 1.54) is 12.1 Å². The molecule has 4 rings (SSSR count). The van der Waals surface area contributed by atoms with Crippen LogP contribution in [-0.2, 0) is 4.74 Å². The molecule has 1 atom stereocenters. The number of aromatic nitrogens is 1. The average Bonchev–Trinajstić information content (AvgIpc) is 3.58. The lowest BCUT2D eigenvalue weighted by Crippen LogP contribution is -2.14. The van der Waals surface area contributed by atoms with Crippen LogP contribution in [0.4, 0.5) is 21.6 Å². The lowest BCUT2D eigenvalue weighted by Gasteiger charge is -2.14. The topological polar surface area (TPSA) is 115 Å². The van der Waals surface area contributed by atoms with Gasteiger partial charge in [0, 0.05) is 14.1 Å². The van der Waals surface area contributed by atoms with Crippen molar-refractivity contribution in [3.8, 4) is 11.3 Å². The van der Waals surface area contributed by atoms with E-state index in [4.69, 9.17) is 16.3 Å². The zero-order chi connectivity index (χ0) is 22.0. The molecule has 164 valence electrons. The van der Waals surface area contributed by atoms with Gasteiger partial charge in [-0.2, -0.15) is 0 Å². The summed E-state index contributed by atoms with van der Waals surface area (Å²) in [5, 5.41) is 2.74. The number of ether oxygens (including phenoxy) is 1. The Morgan fingerprint density at radius 3 is 2.58 bits per heavy atom. The monoisotopic (exact) mass is 425 g/mol. The second kappa shape index (κ2) is 8.71. The number of carbonyl (C=O) groups is 1. The number of anilines is 3. The molecular weight excluding hydrogens is 397 g/mol. The Morgan fingerprint density at radius 1 is 1.19 bits per heavy atom. The van der Waals surface area contributed by atoms with Crippen molar-refractivity contribution in [3.05, 3.63) is 71.5 Å². The maximum atomic E-state index is 14.4. The van der Waals surface area contributed by atoms with Gasteiger partial charge in [0.1, 0.15) is 11.6 Å². The van der Waals surface area contributed by atoms with Crippen LogP contribution in [0.25, 0.3) is 11.3 Å². The minimum Gasteiger partial charge on any atom is -0.382 e. The van der Waals surface area contributed by atoms with Gasteiger partial charge < -0.3 is 21.2 Å². The Labute approximate surface area is 182 Å². The maximum absolute atomic E-state index is 14.4. The number of nitrogens with one attached hydrogen (secondary N) is 2. The number of nitrogens with zero attached hydrogens (tertiary/aromatic N) is 1. The molecule has 8 heteroatoms. The molecule has 1 unspecified atom stereocenters. The SMILES string of the molecule is CC(OC1CC1)c1ccc(NC(=O)c2cc(-c3ccc(NN)c(N)n3)ccc2F)cc1.[HH].[HH]. The number of pyridine rings is 1. The van der Waals surface area contributed by atoms with E-state index in [0.717, 1.165) is 18.4 Å². The maximum Gasteiger partial charge on any atom is 0.258 e. The van der Waals surface area contributed by atoms with Crippen LogP contribution in [0.5, 0.6) is 0 Å². The molecule has 0 saturated heterocycles. The van der Waals surface area contributed by atoms with Crippen molar-refractivity contribution in [1.82, 2.24) is 4.98 Å². The first-order valence-corrected chi connectivity index (χ1v) is 10.0. The molecule has 6 N–H and O–H groups in total. The molecular formula is C23H28FN5O2. The molecule has 31 heavy (non-hydrogen) atoms. The van der Waals surface area contributed by atoms with Crippen molar-refractivity contribution >= 4 is 23.1 Å². The van der Waals surface area contributed by atoms with Crippen LogP contribution >= 0.6 is 0 Å². The van der Waals surface area contributed by atoms with Gasteiger partial charge in [-0.25, -0.2) is 9.37 Å². The molecule has 7 nitrogen and oxygen atoms in total. The number of carbonyl (C=O) groups excluding carboxylic acids is 1. The van der Waals surface area contributed by atoms with E-state index < -0.39 is 11.7 Å². The van der Waals surface area contributed by atoms with Crippen LogP contribution < -0.4 is 22.3 Å². The molecule has 1 saturated carbocycles. The van der Waals surface area contributed by atoms with Crippen molar-refractivity contribution in [2.45, 2.75) is 32.0 Å². The minimum absolute atomic E-state index is 0. The standard InChI is InChI=1S/C23H24FN5O2.2H2/c1-13(31-17-7-8-17)14-2-5-16(6-3-14)27-23(30)18-12-15(4-9-19(18)24)20-10-11-21(29-26)22(25)28-20;;/h2-6,9-13,17,29H,7-8,26H2,1H3,(H2,25,28)(H,27,30);2*1H. The number of benzene rings is 2. The number of nitrogen functional groups attached to an aromatic ring is 2. The van der Waals surface area contributed by atoms with E-state index in [1.54, 1.807) is 30.3 Å². The van der Waals surface area contributed by atoms with Gasteiger partial charge in [-0.3, -0.25) is 10.6 Å². The molecule has 2 aromatic carbocycles. The fourth-order valence-electron chi connectivity index (χ4n) is 3.22. The Kier molecular flexibility index (Phi) is 5.83. The van der Waals surface area contributed by atoms with Crippen molar-refractivity contribution < 1.29 is 16.8 Å². The lowest BCUT2D eigenvalue weighted by molar-refractivity contribution is 0.0519. The molecule has 1 heterocycles. The van der Waals surface area contributed by atoms with E-state index in [0.29, 0.717) is 28.7 Å². The summed E-state index contributed by atoms with van der Waals surface area (Å²) >= 11 is 0. The zero-order valence-corrected chi connectivity index (χ0v) is 17.1. The number of hydrazine groups is 1. The summed E-state index contributed by atoms with van der Waals surface area (Å²) in [6.07, 6.45) is 2.57. The molecule has 1 amide bonds. The van der Waals surface area contributed by atoms with Crippen LogP contribution in [-0.4, -0.2) is 17.0 Å². The quantitative estimate of drug-likeness (QED) is 0.321. The first-order valence-electron chi connectivity index (χ1n) is 10.0. The second-order valence-electron chi connectivity index (χ2n) is 7.52. The van der Waals surface area contributed by atoms with Gasteiger partial charge in [-0.15, -0.1) is 0 Å². The predicted octanol–water partition coefficient (Wildman–Crippen LogP) is 4.74. The average molecular weight is 426 g/mol. The molecule has 1 aliphatic rings. The summed E-state index contributed by atoms with van der Waals surface area (Å²) in [7, 11) is 0. The molecule has 0 aliphatic heterocycles. The highest BCUT2D eigenvalue weighted by Crippen LogP contribution is 2.31. The van der Waals surface area contributed by atoms with E-state index in [2.05, 4.69) is 15.7 Å². The molecule has 1 aromatic heterocycles. The third-order valence-electron chi connectivity index (χ3n) is 5.15. The van der Waals surface area contributed by atoms with Gasteiger partial charge in [-0.1, -0.05) is 12.1 Å². The summed E-state index contributed by atoms with van der Waals surface area (Å²) < 4.78 is 20.3. The molecule has 0 bridgehead atoms. The highest BCUT2D eigenvalue weighted by atomic mass is 19.1. The van der Waals surface area contributed by atoms with Gasteiger partial charge in [0.15, 0.2) is 0 Å². The number of halogens is 1. The predicted molar refractivity (Wildman–Crippen MR) is 123 cm³/mol. The molecule has 3 aromatic rings. The van der Waals surface area contributed by atoms with Gasteiger partial charge in [-0.05, 0) is 67.8 Å². The number of rotatable bonds is 7. The smallest absolute Gasteiger partial charge is 0.258 e. The number of hydrogen-bond donors (Lipinski definition) is 4. The van der Waals surface area contributed by atoms with Gasteiger partial charge in [0.05, 0.1) is 29.2 Å². The lowest BCUT2D eigenvalue weighted by atomic mass is 10.1. The Morgan fingerprint density at radius 2 is 1.94 bits per heavy atom. The molecule has 0 spiro atoms. The molecule has 0 radical (unpaired) electrons. The Balaban J connectivity index is 0.00000193.